The molecule has 0 aliphatic heterocycles. The zero-order valence-corrected chi connectivity index (χ0v) is 22.5. The summed E-state index contributed by atoms with van der Waals surface area (Å²) in [5.74, 6) is -0.869. The average Bonchev–Trinajstić information content (AvgIpc) is 3.24. The molecule has 0 fully saturated rings. The zero-order valence-electron chi connectivity index (χ0n) is 21.7. The molecule has 0 bridgehead atoms. The predicted molar refractivity (Wildman–Crippen MR) is 141 cm³/mol. The number of thiazole rings is 1. The lowest BCUT2D eigenvalue weighted by atomic mass is 10.1. The number of hydrogen-bond acceptors (Lipinski definition) is 6. The van der Waals surface area contributed by atoms with Crippen molar-refractivity contribution in [1.29, 1.82) is 0 Å². The summed E-state index contributed by atoms with van der Waals surface area (Å²) in [4.78, 5) is 24.0. The van der Waals surface area contributed by atoms with E-state index in [1.165, 1.54) is 24.5 Å². The van der Waals surface area contributed by atoms with Gasteiger partial charge in [-0.25, -0.2) is 4.98 Å². The molecule has 0 spiro atoms. The van der Waals surface area contributed by atoms with Gasteiger partial charge < -0.3 is 9.64 Å². The number of hydrogen-bond donors (Lipinski definition) is 0. The molecule has 2 aromatic heterocycles. The number of pyridine rings is 1. The van der Waals surface area contributed by atoms with Crippen molar-refractivity contribution in [2.45, 2.75) is 51.6 Å². The maximum Gasteiger partial charge on any atom is 0.420 e. The lowest BCUT2D eigenvalue weighted by molar-refractivity contribution is -0.139. The molecule has 6 nitrogen and oxygen atoms in total. The second-order valence-corrected chi connectivity index (χ2v) is 10.0. The van der Waals surface area contributed by atoms with Crippen molar-refractivity contribution in [2.75, 3.05) is 32.1 Å². The second-order valence-electron chi connectivity index (χ2n) is 9.12. The zero-order chi connectivity index (χ0) is 27.7. The summed E-state index contributed by atoms with van der Waals surface area (Å²) in [6.07, 6.45) is 4.10. The number of amides is 1. The lowest BCUT2D eigenvalue weighted by Gasteiger charge is -2.24. The van der Waals surface area contributed by atoms with Crippen LogP contribution < -0.4 is 9.64 Å². The van der Waals surface area contributed by atoms with E-state index in [2.05, 4.69) is 16.9 Å². The minimum atomic E-state index is -4.72. The molecular weight excluding hydrogens is 520 g/mol. The third kappa shape index (κ3) is 7.97. The van der Waals surface area contributed by atoms with Gasteiger partial charge in [0.2, 0.25) is 11.0 Å². The molecule has 3 aromatic rings. The van der Waals surface area contributed by atoms with Gasteiger partial charge in [0.05, 0.1) is 24.4 Å². The first kappa shape index (κ1) is 29.5. The Kier molecular flexibility index (Phi) is 10.6. The van der Waals surface area contributed by atoms with Gasteiger partial charge in [0.15, 0.2) is 5.13 Å². The molecule has 2 heterocycles. The number of alkyl halides is 3. The van der Waals surface area contributed by atoms with Gasteiger partial charge >= 0.3 is 6.18 Å². The molecule has 0 saturated carbocycles. The van der Waals surface area contributed by atoms with Crippen molar-refractivity contribution in [1.82, 2.24) is 14.9 Å². The van der Waals surface area contributed by atoms with E-state index in [1.54, 1.807) is 31.1 Å². The van der Waals surface area contributed by atoms with Crippen molar-refractivity contribution in [3.8, 4) is 17.0 Å². The highest BCUT2D eigenvalue weighted by atomic mass is 32.1. The van der Waals surface area contributed by atoms with Crippen LogP contribution in [0.3, 0.4) is 0 Å². The van der Waals surface area contributed by atoms with Gasteiger partial charge in [0, 0.05) is 18.0 Å². The van der Waals surface area contributed by atoms with Gasteiger partial charge in [-0.2, -0.15) is 17.6 Å². The molecule has 1 amide bonds. The van der Waals surface area contributed by atoms with E-state index < -0.39 is 22.8 Å². The van der Waals surface area contributed by atoms with Gasteiger partial charge in [-0.05, 0) is 50.8 Å². The Morgan fingerprint density at radius 2 is 1.82 bits per heavy atom. The summed E-state index contributed by atoms with van der Waals surface area (Å²) in [6, 6.07) is 6.65. The van der Waals surface area contributed by atoms with Crippen LogP contribution >= 0.6 is 11.3 Å². The van der Waals surface area contributed by atoms with Gasteiger partial charge in [-0.15, -0.1) is 0 Å². The van der Waals surface area contributed by atoms with Crippen LogP contribution in [0.15, 0.2) is 42.7 Å². The minimum absolute atomic E-state index is 0.0318. The van der Waals surface area contributed by atoms with Gasteiger partial charge in [0.1, 0.15) is 11.4 Å². The summed E-state index contributed by atoms with van der Waals surface area (Å²) >= 11 is 0.578. The first-order chi connectivity index (χ1) is 18.1. The summed E-state index contributed by atoms with van der Waals surface area (Å²) in [7, 11) is 3.31. The van der Waals surface area contributed by atoms with Gasteiger partial charge in [-0.1, -0.05) is 50.4 Å². The van der Waals surface area contributed by atoms with E-state index in [-0.39, 0.29) is 35.4 Å². The number of anilines is 2. The summed E-state index contributed by atoms with van der Waals surface area (Å²) in [6.45, 7) is 2.15. The molecule has 206 valence electrons. The molecule has 0 aliphatic rings. The summed E-state index contributed by atoms with van der Waals surface area (Å²) in [5.41, 5.74) is -0.728. The van der Waals surface area contributed by atoms with Crippen LogP contribution in [-0.4, -0.2) is 48.0 Å². The highest BCUT2D eigenvalue weighted by Crippen LogP contribution is 2.41. The molecule has 0 radical (unpaired) electrons. The van der Waals surface area contributed by atoms with E-state index in [0.29, 0.717) is 23.3 Å². The van der Waals surface area contributed by atoms with E-state index in [1.807, 2.05) is 0 Å². The first-order valence-corrected chi connectivity index (χ1v) is 13.3. The first-order valence-electron chi connectivity index (χ1n) is 12.5. The maximum atomic E-state index is 14.9. The van der Waals surface area contributed by atoms with Crippen molar-refractivity contribution >= 4 is 28.1 Å². The topological polar surface area (TPSA) is 58.6 Å². The number of likely N-dealkylation sites (N-methyl/N-ethyl adjacent to an activating group) is 1. The number of unbranched alkanes of at least 4 members (excludes halogenated alkanes) is 5. The summed E-state index contributed by atoms with van der Waals surface area (Å²) in [5, 5.41) is -0.757. The highest BCUT2D eigenvalue weighted by molar-refractivity contribution is 7.14. The van der Waals surface area contributed by atoms with Crippen LogP contribution in [0, 0.1) is 5.13 Å². The van der Waals surface area contributed by atoms with Gasteiger partial charge in [-0.3, -0.25) is 14.7 Å². The number of halogens is 4. The fourth-order valence-corrected chi connectivity index (χ4v) is 4.69. The second kappa shape index (κ2) is 13.7. The van der Waals surface area contributed by atoms with Crippen LogP contribution in [0.25, 0.3) is 11.3 Å². The molecule has 0 aliphatic carbocycles. The Balaban J connectivity index is 1.93. The monoisotopic (exact) mass is 552 g/mol. The Hall–Kier alpha value is -3.05. The largest absolute Gasteiger partial charge is 0.493 e. The van der Waals surface area contributed by atoms with Crippen molar-refractivity contribution in [2.24, 2.45) is 0 Å². The Morgan fingerprint density at radius 1 is 1.08 bits per heavy atom. The smallest absolute Gasteiger partial charge is 0.420 e. The molecule has 1 aromatic carbocycles. The van der Waals surface area contributed by atoms with Crippen LogP contribution in [0.4, 0.5) is 28.4 Å². The van der Waals surface area contributed by atoms with Crippen LogP contribution in [0.2, 0.25) is 0 Å². The lowest BCUT2D eigenvalue weighted by Crippen LogP contribution is -2.34. The number of nitrogens with zero attached hydrogens (tertiary/aromatic N) is 4. The Labute approximate surface area is 224 Å². The fraction of sp³-hybridized carbons (Fsp3) is 0.444. The minimum Gasteiger partial charge on any atom is -0.493 e. The quantitative estimate of drug-likeness (QED) is 0.164. The van der Waals surface area contributed by atoms with Crippen LogP contribution in [-0.2, 0) is 11.0 Å². The van der Waals surface area contributed by atoms with Crippen molar-refractivity contribution < 1.29 is 27.1 Å². The number of carbonyl (C=O) groups excluding carboxylic acids is 1. The number of ether oxygens (including phenoxy) is 1. The SMILES string of the molecule is CCCCCCCCOc1ccc(N(C(=O)CN(C)C)c2nc(-c3cccnc3)c(F)s2)cc1C(F)(F)F. The fourth-order valence-electron chi connectivity index (χ4n) is 3.84. The molecule has 11 heteroatoms. The van der Waals surface area contributed by atoms with E-state index in [0.717, 1.165) is 43.1 Å². The number of rotatable bonds is 13. The molecule has 3 rings (SSSR count). The van der Waals surface area contributed by atoms with Crippen molar-refractivity contribution in [3.63, 3.8) is 0 Å². The highest BCUT2D eigenvalue weighted by Gasteiger charge is 2.36. The van der Waals surface area contributed by atoms with Crippen molar-refractivity contribution in [3.05, 3.63) is 53.4 Å². The molecule has 0 unspecified atom stereocenters. The molecular formula is C27H32F4N4O2S. The average molecular weight is 553 g/mol. The number of aromatic nitrogens is 2. The van der Waals surface area contributed by atoms with E-state index >= 15 is 0 Å². The standard InChI is InChI=1S/C27H32F4N4O2S/c1-4-5-6-7-8-9-15-37-22-13-12-20(16-21(22)27(29,30)31)35(23(36)18-34(2)3)26-33-24(25(28)38-26)19-11-10-14-32-17-19/h10-14,16-17H,4-9,15,18H2,1-3H3. The molecule has 0 atom stereocenters. The molecule has 38 heavy (non-hydrogen) atoms. The Morgan fingerprint density at radius 3 is 2.47 bits per heavy atom. The summed E-state index contributed by atoms with van der Waals surface area (Å²) < 4.78 is 62.5. The number of benzene rings is 1. The molecule has 0 saturated heterocycles. The predicted octanol–water partition coefficient (Wildman–Crippen LogP) is 7.33. The van der Waals surface area contributed by atoms with Crippen LogP contribution in [0.5, 0.6) is 5.75 Å². The van der Waals surface area contributed by atoms with E-state index in [4.69, 9.17) is 4.74 Å². The third-order valence-corrected chi connectivity index (χ3v) is 6.51. The van der Waals surface area contributed by atoms with Gasteiger partial charge in [0.25, 0.3) is 0 Å². The maximum absolute atomic E-state index is 14.9. The normalized spacial score (nSPS) is 11.7. The van der Waals surface area contributed by atoms with Crippen LogP contribution in [0.1, 0.15) is 51.0 Å². The Bertz CT molecular complexity index is 1190. The van der Waals surface area contributed by atoms with E-state index in [9.17, 15) is 22.4 Å². The molecule has 0 N–H and O–H groups in total. The third-order valence-electron chi connectivity index (χ3n) is 5.68. The number of carbonyl (C=O) groups is 1.